The highest BCUT2D eigenvalue weighted by Crippen LogP contribution is 2.30. The molecule has 540 valence electrons. The molecular formula is C64H124BrN2O24+. The fraction of sp³-hybridized carbons (Fsp3) is 0.953. The fourth-order valence-corrected chi connectivity index (χ4v) is 8.47. The summed E-state index contributed by atoms with van der Waals surface area (Å²) in [7, 11) is 0. The van der Waals surface area contributed by atoms with Crippen molar-refractivity contribution in [2.45, 2.75) is 58.5 Å². The molecule has 1 saturated carbocycles. The minimum atomic E-state index is -0.158. The van der Waals surface area contributed by atoms with Crippen LogP contribution in [0.25, 0.3) is 0 Å². The van der Waals surface area contributed by atoms with Gasteiger partial charge < -0.3 is 114 Å². The molecule has 1 fully saturated rings. The Morgan fingerprint density at radius 2 is 0.527 bits per heavy atom. The van der Waals surface area contributed by atoms with Gasteiger partial charge in [-0.1, -0.05) is 15.9 Å². The summed E-state index contributed by atoms with van der Waals surface area (Å²) in [6.45, 7) is 35.5. The summed E-state index contributed by atoms with van der Waals surface area (Å²) < 4.78 is 137. The van der Waals surface area contributed by atoms with E-state index in [2.05, 4.69) is 58.7 Å². The van der Waals surface area contributed by atoms with Gasteiger partial charge in [0.05, 0.1) is 323 Å². The van der Waals surface area contributed by atoms with Crippen molar-refractivity contribution in [1.29, 1.82) is 0 Å². The second-order valence-corrected chi connectivity index (χ2v) is 22.0. The lowest BCUT2D eigenvalue weighted by Crippen LogP contribution is -2.38. The first-order chi connectivity index (χ1) is 44.9. The van der Waals surface area contributed by atoms with Gasteiger partial charge >= 0.3 is 5.87 Å². The molecule has 0 spiro atoms. The summed E-state index contributed by atoms with van der Waals surface area (Å²) in [5, 5.41) is 1.12. The van der Waals surface area contributed by atoms with Crippen LogP contribution < -0.4 is 4.67 Å². The van der Waals surface area contributed by atoms with Gasteiger partial charge in [-0.3, -0.25) is 4.90 Å². The zero-order valence-electron chi connectivity index (χ0n) is 56.4. The SMILES string of the molecule is C=C=[N+]=CCCOCCOCCOCCOCCOCCOCCOCCOCCOCCOCCOCCOCCOCCOCCOCCOCCOCCOCCOCCOCCOCCOCCOCCN(COC(C)(C)C)CC1CCC(CBr)CC1. The maximum Gasteiger partial charge on any atom is 0.303 e. The smallest absolute Gasteiger partial charge is 0.303 e. The van der Waals surface area contributed by atoms with Gasteiger partial charge in [0.1, 0.15) is 0 Å². The van der Waals surface area contributed by atoms with Crippen LogP contribution in [0.1, 0.15) is 52.9 Å². The summed E-state index contributed by atoms with van der Waals surface area (Å²) in [4.78, 5) is 2.40. The third-order valence-corrected chi connectivity index (χ3v) is 13.6. The molecule has 1 aliphatic carbocycles. The number of nitrogens with zero attached hydrogens (tertiary/aromatic N) is 2. The molecule has 0 bridgehead atoms. The Morgan fingerprint density at radius 1 is 0.330 bits per heavy atom. The largest absolute Gasteiger partial charge is 0.378 e. The molecule has 0 unspecified atom stereocenters. The topological polar surface area (TPSA) is 239 Å². The van der Waals surface area contributed by atoms with E-state index >= 15 is 0 Å². The average Bonchev–Trinajstić information content (AvgIpc) is 2.93. The summed E-state index contributed by atoms with van der Waals surface area (Å²) in [6.07, 6.45) is 7.66. The van der Waals surface area contributed by atoms with Gasteiger partial charge in [0.2, 0.25) is 0 Å². The van der Waals surface area contributed by atoms with Gasteiger partial charge in [-0.05, 0) is 63.0 Å². The average molecular weight is 1390 g/mol. The standard InChI is InChI=1S/C64H124BrN2O24/c1-5-66-11-6-13-68-15-17-70-19-21-72-23-25-74-27-29-76-31-33-78-35-37-80-39-41-82-43-45-84-47-49-86-51-53-88-55-57-90-58-56-89-54-52-87-50-48-85-46-44-83-42-40-81-38-36-79-34-32-77-30-28-75-26-24-73-22-20-71-18-16-69-14-12-67(61-91-64(2,3)4)60-63-9-7-62(59-65)8-10-63/h11,62-63H,1,6-10,12-61H2,2-4H3/q+1. The van der Waals surface area contributed by atoms with Gasteiger partial charge in [0, 0.05) is 25.0 Å². The van der Waals surface area contributed by atoms with E-state index in [1.807, 2.05) is 0 Å². The number of alkyl halides is 1. The van der Waals surface area contributed by atoms with Crippen LogP contribution in [0.15, 0.2) is 6.58 Å². The van der Waals surface area contributed by atoms with Crippen LogP contribution in [0.5, 0.6) is 0 Å². The Balaban J connectivity index is 1.64. The molecule has 0 atom stereocenters. The molecular weight excluding hydrogens is 1260 g/mol. The highest BCUT2D eigenvalue weighted by atomic mass is 79.9. The zero-order valence-corrected chi connectivity index (χ0v) is 58.0. The molecule has 1 aliphatic rings. The van der Waals surface area contributed by atoms with Gasteiger partial charge in [-0.25, -0.2) is 0 Å². The Morgan fingerprint density at radius 3 is 0.725 bits per heavy atom. The highest BCUT2D eigenvalue weighted by molar-refractivity contribution is 9.09. The lowest BCUT2D eigenvalue weighted by molar-refractivity contribution is -0.0756. The minimum Gasteiger partial charge on any atom is -0.378 e. The zero-order chi connectivity index (χ0) is 65.2. The van der Waals surface area contributed by atoms with Crippen molar-refractivity contribution in [3.05, 3.63) is 6.58 Å². The molecule has 27 heteroatoms. The van der Waals surface area contributed by atoms with Crippen molar-refractivity contribution in [2.75, 3.05) is 329 Å². The van der Waals surface area contributed by atoms with Crippen molar-refractivity contribution in [1.82, 2.24) is 9.57 Å². The number of halogens is 1. The van der Waals surface area contributed by atoms with Gasteiger partial charge in [-0.2, -0.15) is 0 Å². The maximum atomic E-state index is 6.11. The lowest BCUT2D eigenvalue weighted by atomic mass is 9.83. The molecule has 0 N–H and O–H groups in total. The molecule has 0 radical (unpaired) electrons. The normalized spacial score (nSPS) is 14.5. The molecule has 0 aromatic heterocycles. The van der Waals surface area contributed by atoms with Gasteiger partial charge in [0.15, 0.2) is 0 Å². The molecule has 0 aliphatic heterocycles. The molecule has 0 amide bonds. The van der Waals surface area contributed by atoms with Gasteiger partial charge in [0.25, 0.3) is 6.21 Å². The predicted molar refractivity (Wildman–Crippen MR) is 349 cm³/mol. The van der Waals surface area contributed by atoms with E-state index in [-0.39, 0.29) is 5.60 Å². The molecule has 0 aromatic rings. The summed E-state index contributed by atoms with van der Waals surface area (Å²) >= 11 is 3.66. The number of hydrogen-bond donors (Lipinski definition) is 0. The molecule has 0 saturated heterocycles. The first-order valence-electron chi connectivity index (χ1n) is 33.2. The summed E-state index contributed by atoms with van der Waals surface area (Å²) in [5.74, 6) is 4.01. The van der Waals surface area contributed by atoms with Gasteiger partial charge in [-0.15, -0.1) is 0 Å². The van der Waals surface area contributed by atoms with E-state index < -0.39 is 0 Å². The number of hydrogen-bond acceptors (Lipinski definition) is 25. The maximum absolute atomic E-state index is 6.11. The van der Waals surface area contributed by atoms with E-state index in [4.69, 9.17) is 114 Å². The third-order valence-electron chi connectivity index (χ3n) is 12.7. The van der Waals surface area contributed by atoms with Crippen LogP contribution in [0.4, 0.5) is 0 Å². The Bertz CT molecular complexity index is 1500. The Hall–Kier alpha value is -1.29. The van der Waals surface area contributed by atoms with Crippen molar-refractivity contribution in [2.24, 2.45) is 11.8 Å². The molecule has 1 rings (SSSR count). The quantitative estimate of drug-likeness (QED) is 0.0275. The fourth-order valence-electron chi connectivity index (χ4n) is 7.83. The van der Waals surface area contributed by atoms with E-state index in [1.54, 1.807) is 6.21 Å². The monoisotopic (exact) mass is 1380 g/mol. The summed E-state index contributed by atoms with van der Waals surface area (Å²) in [5.41, 5.74) is -0.158. The van der Waals surface area contributed by atoms with Crippen molar-refractivity contribution in [3.63, 3.8) is 0 Å². The second kappa shape index (κ2) is 74.5. The highest BCUT2D eigenvalue weighted by Gasteiger charge is 2.23. The first-order valence-corrected chi connectivity index (χ1v) is 34.3. The molecule has 26 nitrogen and oxygen atoms in total. The molecule has 0 heterocycles. The Labute approximate surface area is 555 Å². The van der Waals surface area contributed by atoms with Crippen LogP contribution in [0.2, 0.25) is 0 Å². The van der Waals surface area contributed by atoms with Crippen LogP contribution in [-0.2, 0) is 114 Å². The van der Waals surface area contributed by atoms with Crippen LogP contribution in [-0.4, -0.2) is 352 Å². The van der Waals surface area contributed by atoms with Crippen molar-refractivity contribution < 1.29 is 114 Å². The second-order valence-electron chi connectivity index (χ2n) is 21.3. The van der Waals surface area contributed by atoms with Crippen LogP contribution in [0.3, 0.4) is 0 Å². The predicted octanol–water partition coefficient (Wildman–Crippen LogP) is 4.03. The molecule has 0 aromatic carbocycles. The number of ether oxygens (including phenoxy) is 24. The van der Waals surface area contributed by atoms with E-state index in [0.717, 1.165) is 36.7 Å². The van der Waals surface area contributed by atoms with Crippen LogP contribution >= 0.6 is 15.9 Å². The number of rotatable bonds is 77. The Kier molecular flexibility index (Phi) is 71.8. The molecule has 91 heavy (non-hydrogen) atoms. The van der Waals surface area contributed by atoms with E-state index in [9.17, 15) is 0 Å². The van der Waals surface area contributed by atoms with E-state index in [1.165, 1.54) is 25.7 Å². The van der Waals surface area contributed by atoms with Crippen molar-refractivity contribution in [3.8, 4) is 0 Å². The van der Waals surface area contributed by atoms with Crippen molar-refractivity contribution >= 4 is 28.0 Å². The van der Waals surface area contributed by atoms with E-state index in [0.29, 0.717) is 311 Å². The third kappa shape index (κ3) is 72.8. The minimum absolute atomic E-state index is 0.158. The summed E-state index contributed by atoms with van der Waals surface area (Å²) in [6, 6.07) is 0. The van der Waals surface area contributed by atoms with Crippen LogP contribution in [0, 0.1) is 11.8 Å². The first kappa shape index (κ1) is 87.7. The lowest BCUT2D eigenvalue weighted by Gasteiger charge is -2.33.